The van der Waals surface area contributed by atoms with Crippen LogP contribution in [0.25, 0.3) is 0 Å². The summed E-state index contributed by atoms with van der Waals surface area (Å²) in [6.45, 7) is 0. The second-order valence-electron chi connectivity index (χ2n) is 5.17. The first-order chi connectivity index (χ1) is 12.7. The van der Waals surface area contributed by atoms with Gasteiger partial charge in [-0.1, -0.05) is 53.4 Å². The molecule has 6 nitrogen and oxygen atoms in total. The standard InChI is InChI=1S/C18H17N3O3S2/c1-23-13-8-9-15(24-2)14(10-13)16(22)19-17-20-21-18(26-17)25-11-12-6-4-3-5-7-12/h3-10H,11H2,1-2H3,(H,19,20,22). The number of carbonyl (C=O) groups is 1. The quantitative estimate of drug-likeness (QED) is 0.486. The summed E-state index contributed by atoms with van der Waals surface area (Å²) in [7, 11) is 3.06. The third-order valence-corrected chi connectivity index (χ3v) is 5.53. The van der Waals surface area contributed by atoms with Crippen molar-refractivity contribution in [2.24, 2.45) is 0 Å². The molecule has 8 heteroatoms. The first-order valence-corrected chi connectivity index (χ1v) is 9.53. The van der Waals surface area contributed by atoms with Gasteiger partial charge in [0.25, 0.3) is 5.91 Å². The highest BCUT2D eigenvalue weighted by Gasteiger charge is 2.16. The van der Waals surface area contributed by atoms with Crippen LogP contribution in [0.15, 0.2) is 52.9 Å². The zero-order chi connectivity index (χ0) is 18.4. The van der Waals surface area contributed by atoms with E-state index in [2.05, 4.69) is 27.6 Å². The van der Waals surface area contributed by atoms with Crippen molar-refractivity contribution >= 4 is 34.1 Å². The number of rotatable bonds is 7. The van der Waals surface area contributed by atoms with Gasteiger partial charge in [-0.05, 0) is 23.8 Å². The molecule has 0 unspecified atom stereocenters. The van der Waals surface area contributed by atoms with Crippen LogP contribution in [-0.2, 0) is 5.75 Å². The minimum absolute atomic E-state index is 0.323. The van der Waals surface area contributed by atoms with Crippen molar-refractivity contribution in [1.29, 1.82) is 0 Å². The van der Waals surface area contributed by atoms with E-state index in [0.717, 1.165) is 10.1 Å². The van der Waals surface area contributed by atoms with Crippen LogP contribution in [0.5, 0.6) is 11.5 Å². The van der Waals surface area contributed by atoms with E-state index in [1.165, 1.54) is 24.0 Å². The van der Waals surface area contributed by atoms with Gasteiger partial charge in [0, 0.05) is 5.75 Å². The molecule has 3 aromatic rings. The molecule has 0 aliphatic rings. The Balaban J connectivity index is 1.66. The Kier molecular flexibility index (Phi) is 6.08. The lowest BCUT2D eigenvalue weighted by Crippen LogP contribution is -2.13. The van der Waals surface area contributed by atoms with Gasteiger partial charge in [-0.25, -0.2) is 0 Å². The van der Waals surface area contributed by atoms with Crippen molar-refractivity contribution in [2.75, 3.05) is 19.5 Å². The highest BCUT2D eigenvalue weighted by molar-refractivity contribution is 8.00. The third kappa shape index (κ3) is 4.53. The first-order valence-electron chi connectivity index (χ1n) is 7.73. The maximum atomic E-state index is 12.5. The lowest BCUT2D eigenvalue weighted by molar-refractivity contribution is 0.102. The summed E-state index contributed by atoms with van der Waals surface area (Å²) in [6.07, 6.45) is 0. The van der Waals surface area contributed by atoms with Crippen molar-refractivity contribution in [3.05, 3.63) is 59.7 Å². The van der Waals surface area contributed by atoms with Crippen LogP contribution in [0, 0.1) is 0 Å². The third-order valence-electron chi connectivity index (χ3n) is 3.48. The number of hydrogen-bond donors (Lipinski definition) is 1. The van der Waals surface area contributed by atoms with Crippen LogP contribution in [0.3, 0.4) is 0 Å². The maximum absolute atomic E-state index is 12.5. The van der Waals surface area contributed by atoms with E-state index >= 15 is 0 Å². The molecule has 0 saturated heterocycles. The van der Waals surface area contributed by atoms with Crippen molar-refractivity contribution < 1.29 is 14.3 Å². The summed E-state index contributed by atoms with van der Waals surface area (Å²) in [4.78, 5) is 12.5. The molecule has 0 spiro atoms. The van der Waals surface area contributed by atoms with Crippen molar-refractivity contribution in [1.82, 2.24) is 10.2 Å². The topological polar surface area (TPSA) is 73.3 Å². The Morgan fingerprint density at radius 3 is 2.65 bits per heavy atom. The molecular weight excluding hydrogens is 370 g/mol. The Morgan fingerprint density at radius 1 is 1.12 bits per heavy atom. The zero-order valence-corrected chi connectivity index (χ0v) is 15.9. The molecule has 0 bridgehead atoms. The van der Waals surface area contributed by atoms with Gasteiger partial charge in [0.2, 0.25) is 5.13 Å². The van der Waals surface area contributed by atoms with Gasteiger partial charge in [-0.15, -0.1) is 10.2 Å². The molecule has 0 aliphatic carbocycles. The Morgan fingerprint density at radius 2 is 1.92 bits per heavy atom. The Hall–Kier alpha value is -2.58. The summed E-state index contributed by atoms with van der Waals surface area (Å²) in [5, 5.41) is 11.4. The van der Waals surface area contributed by atoms with Crippen LogP contribution >= 0.6 is 23.1 Å². The van der Waals surface area contributed by atoms with Crippen LogP contribution in [0.4, 0.5) is 5.13 Å². The molecule has 1 aromatic heterocycles. The SMILES string of the molecule is COc1ccc(OC)c(C(=O)Nc2nnc(SCc3ccccc3)s2)c1. The molecule has 2 aromatic carbocycles. The lowest BCUT2D eigenvalue weighted by Gasteiger charge is -2.09. The molecule has 1 N–H and O–H groups in total. The number of amides is 1. The number of carbonyl (C=O) groups excluding carboxylic acids is 1. The fourth-order valence-corrected chi connectivity index (χ4v) is 3.90. The van der Waals surface area contributed by atoms with Gasteiger partial charge < -0.3 is 9.47 Å². The number of aromatic nitrogens is 2. The number of nitrogens with one attached hydrogen (secondary N) is 1. The minimum atomic E-state index is -0.323. The fourth-order valence-electron chi connectivity index (χ4n) is 2.19. The zero-order valence-electron chi connectivity index (χ0n) is 14.3. The number of hydrogen-bond acceptors (Lipinski definition) is 7. The van der Waals surface area contributed by atoms with E-state index < -0.39 is 0 Å². The summed E-state index contributed by atoms with van der Waals surface area (Å²) >= 11 is 2.92. The number of benzene rings is 2. The highest BCUT2D eigenvalue weighted by atomic mass is 32.2. The van der Waals surface area contributed by atoms with Gasteiger partial charge in [-0.3, -0.25) is 10.1 Å². The van der Waals surface area contributed by atoms with E-state index in [-0.39, 0.29) is 5.91 Å². The predicted octanol–water partition coefficient (Wildman–Crippen LogP) is 4.10. The van der Waals surface area contributed by atoms with E-state index in [0.29, 0.717) is 22.2 Å². The predicted molar refractivity (Wildman–Crippen MR) is 103 cm³/mol. The van der Waals surface area contributed by atoms with Gasteiger partial charge >= 0.3 is 0 Å². The van der Waals surface area contributed by atoms with Gasteiger partial charge in [0.15, 0.2) is 4.34 Å². The monoisotopic (exact) mass is 387 g/mol. The minimum Gasteiger partial charge on any atom is -0.497 e. The molecule has 0 aliphatic heterocycles. The second-order valence-corrected chi connectivity index (χ2v) is 7.37. The first kappa shape index (κ1) is 18.2. The number of ether oxygens (including phenoxy) is 2. The Bertz CT molecular complexity index is 884. The number of thioether (sulfide) groups is 1. The van der Waals surface area contributed by atoms with E-state index in [4.69, 9.17) is 9.47 Å². The number of nitrogens with zero attached hydrogens (tertiary/aromatic N) is 2. The molecule has 1 amide bonds. The molecular formula is C18H17N3O3S2. The summed E-state index contributed by atoms with van der Waals surface area (Å²) in [5.74, 6) is 1.52. The van der Waals surface area contributed by atoms with Gasteiger partial charge in [0.1, 0.15) is 11.5 Å². The number of anilines is 1. The lowest BCUT2D eigenvalue weighted by atomic mass is 10.2. The normalized spacial score (nSPS) is 10.4. The van der Waals surface area contributed by atoms with Gasteiger partial charge in [0.05, 0.1) is 19.8 Å². The molecule has 0 saturated carbocycles. The maximum Gasteiger partial charge on any atom is 0.261 e. The van der Waals surface area contributed by atoms with Crippen molar-refractivity contribution in [3.63, 3.8) is 0 Å². The average molecular weight is 387 g/mol. The van der Waals surface area contributed by atoms with Gasteiger partial charge in [-0.2, -0.15) is 0 Å². The molecule has 1 heterocycles. The highest BCUT2D eigenvalue weighted by Crippen LogP contribution is 2.29. The van der Waals surface area contributed by atoms with Crippen LogP contribution in [0.2, 0.25) is 0 Å². The van der Waals surface area contributed by atoms with E-state index in [9.17, 15) is 4.79 Å². The van der Waals surface area contributed by atoms with Crippen LogP contribution in [-0.4, -0.2) is 30.3 Å². The summed E-state index contributed by atoms with van der Waals surface area (Å²) in [6, 6.07) is 15.2. The van der Waals surface area contributed by atoms with E-state index in [1.54, 1.807) is 37.1 Å². The number of methoxy groups -OCH3 is 2. The summed E-state index contributed by atoms with van der Waals surface area (Å²) < 4.78 is 11.2. The molecule has 134 valence electrons. The summed E-state index contributed by atoms with van der Waals surface area (Å²) in [5.41, 5.74) is 1.58. The molecule has 0 radical (unpaired) electrons. The Labute approximate surface area is 159 Å². The van der Waals surface area contributed by atoms with Crippen LogP contribution < -0.4 is 14.8 Å². The molecule has 0 fully saturated rings. The molecule has 3 rings (SSSR count). The largest absolute Gasteiger partial charge is 0.497 e. The van der Waals surface area contributed by atoms with E-state index in [1.807, 2.05) is 18.2 Å². The van der Waals surface area contributed by atoms with Crippen LogP contribution in [0.1, 0.15) is 15.9 Å². The molecule has 0 atom stereocenters. The molecule has 26 heavy (non-hydrogen) atoms. The van der Waals surface area contributed by atoms with Crippen molar-refractivity contribution in [3.8, 4) is 11.5 Å². The van der Waals surface area contributed by atoms with Crippen molar-refractivity contribution in [2.45, 2.75) is 10.1 Å². The average Bonchev–Trinajstić information content (AvgIpc) is 3.14. The fraction of sp³-hybridized carbons (Fsp3) is 0.167. The smallest absolute Gasteiger partial charge is 0.261 e. The second kappa shape index (κ2) is 8.68.